The van der Waals surface area contributed by atoms with E-state index in [9.17, 15) is 4.79 Å². The quantitative estimate of drug-likeness (QED) is 0.743. The highest BCUT2D eigenvalue weighted by atomic mass is 32.1. The largest absolute Gasteiger partial charge is 0.481 e. The first-order valence-corrected chi connectivity index (χ1v) is 6.68. The third-order valence-electron chi connectivity index (χ3n) is 2.72. The summed E-state index contributed by atoms with van der Waals surface area (Å²) in [5.74, 6) is -0.856. The van der Waals surface area contributed by atoms with E-state index >= 15 is 0 Å². The van der Waals surface area contributed by atoms with Gasteiger partial charge in [0.15, 0.2) is 0 Å². The van der Waals surface area contributed by atoms with Crippen molar-refractivity contribution < 1.29 is 9.90 Å². The van der Waals surface area contributed by atoms with Gasteiger partial charge < -0.3 is 16.2 Å². The monoisotopic (exact) mass is 264 g/mol. The van der Waals surface area contributed by atoms with Gasteiger partial charge in [-0.3, -0.25) is 4.79 Å². The van der Waals surface area contributed by atoms with Crippen LogP contribution in [0.1, 0.15) is 12.0 Å². The second kappa shape index (κ2) is 5.95. The van der Waals surface area contributed by atoms with Gasteiger partial charge in [0.05, 0.1) is 6.42 Å². The molecule has 96 valence electrons. The van der Waals surface area contributed by atoms with Gasteiger partial charge in [-0.1, -0.05) is 18.2 Å². The van der Waals surface area contributed by atoms with E-state index in [1.807, 2.05) is 12.1 Å². The zero-order valence-electron chi connectivity index (χ0n) is 9.93. The van der Waals surface area contributed by atoms with Crippen LogP contribution in [0, 0.1) is 0 Å². The average molecular weight is 264 g/mol. The molecule has 4 nitrogen and oxygen atoms in total. The molecule has 4 N–H and O–H groups in total. The summed E-state index contributed by atoms with van der Waals surface area (Å²) in [6.07, 6.45) is -0.00259. The van der Waals surface area contributed by atoms with E-state index in [4.69, 9.17) is 10.8 Å². The number of rotatable bonds is 6. The number of nitrogens with two attached hydrogens (primary N) is 1. The van der Waals surface area contributed by atoms with Gasteiger partial charge in [-0.2, -0.15) is 0 Å². The predicted octanol–water partition coefficient (Wildman–Crippen LogP) is 1.79. The standard InChI is InChI=1S/C13H16N2O2S/c14-10(5-13(16)17)7-15-6-9-8-18-12-4-2-1-3-11(9)12/h1-4,8,10,15H,5-7,14H2,(H,16,17). The highest BCUT2D eigenvalue weighted by molar-refractivity contribution is 7.17. The molecule has 0 amide bonds. The summed E-state index contributed by atoms with van der Waals surface area (Å²) in [5.41, 5.74) is 6.92. The lowest BCUT2D eigenvalue weighted by Crippen LogP contribution is -2.35. The summed E-state index contributed by atoms with van der Waals surface area (Å²) in [6.45, 7) is 1.23. The Labute approximate surface area is 109 Å². The molecule has 0 spiro atoms. The van der Waals surface area contributed by atoms with Gasteiger partial charge in [-0.25, -0.2) is 0 Å². The van der Waals surface area contributed by atoms with Crippen LogP contribution in [0.2, 0.25) is 0 Å². The van der Waals surface area contributed by atoms with Crippen LogP contribution in [0.4, 0.5) is 0 Å². The van der Waals surface area contributed by atoms with Crippen molar-refractivity contribution in [2.75, 3.05) is 6.54 Å². The maximum absolute atomic E-state index is 10.5. The van der Waals surface area contributed by atoms with Gasteiger partial charge >= 0.3 is 5.97 Å². The minimum absolute atomic E-state index is 0.00259. The van der Waals surface area contributed by atoms with Crippen molar-refractivity contribution >= 4 is 27.4 Å². The molecular weight excluding hydrogens is 248 g/mol. The molecule has 0 saturated carbocycles. The fourth-order valence-corrected chi connectivity index (χ4v) is 2.82. The third kappa shape index (κ3) is 3.29. The van der Waals surface area contributed by atoms with E-state index in [1.54, 1.807) is 11.3 Å². The lowest BCUT2D eigenvalue weighted by molar-refractivity contribution is -0.137. The first-order chi connectivity index (χ1) is 8.66. The molecule has 0 aliphatic carbocycles. The first-order valence-electron chi connectivity index (χ1n) is 5.80. The molecular formula is C13H16N2O2S. The summed E-state index contributed by atoms with van der Waals surface area (Å²) in [6, 6.07) is 7.90. The van der Waals surface area contributed by atoms with Gasteiger partial charge in [-0.15, -0.1) is 11.3 Å². The molecule has 1 atom stereocenters. The molecule has 1 unspecified atom stereocenters. The number of aliphatic carboxylic acids is 1. The van der Waals surface area contributed by atoms with Crippen LogP contribution < -0.4 is 11.1 Å². The van der Waals surface area contributed by atoms with Crippen LogP contribution in [-0.4, -0.2) is 23.7 Å². The highest BCUT2D eigenvalue weighted by Crippen LogP contribution is 2.25. The van der Waals surface area contributed by atoms with Gasteiger partial charge in [-0.05, 0) is 22.4 Å². The topological polar surface area (TPSA) is 75.3 Å². The number of thiophene rings is 1. The fraction of sp³-hybridized carbons (Fsp3) is 0.308. The summed E-state index contributed by atoms with van der Waals surface area (Å²) in [4.78, 5) is 10.5. The Morgan fingerprint density at radius 2 is 2.22 bits per heavy atom. The lowest BCUT2D eigenvalue weighted by atomic mass is 10.1. The Morgan fingerprint density at radius 1 is 1.44 bits per heavy atom. The lowest BCUT2D eigenvalue weighted by Gasteiger charge is -2.09. The number of nitrogens with one attached hydrogen (secondary N) is 1. The van der Waals surface area contributed by atoms with Crippen molar-refractivity contribution in [1.82, 2.24) is 5.32 Å². The molecule has 0 fully saturated rings. The van der Waals surface area contributed by atoms with Crippen molar-refractivity contribution in [3.8, 4) is 0 Å². The smallest absolute Gasteiger partial charge is 0.304 e. The van der Waals surface area contributed by atoms with Crippen LogP contribution >= 0.6 is 11.3 Å². The van der Waals surface area contributed by atoms with Crippen molar-refractivity contribution in [3.63, 3.8) is 0 Å². The summed E-state index contributed by atoms with van der Waals surface area (Å²) in [5, 5.41) is 15.2. The molecule has 0 aliphatic heterocycles. The molecule has 0 bridgehead atoms. The van der Waals surface area contributed by atoms with E-state index in [1.165, 1.54) is 15.6 Å². The zero-order chi connectivity index (χ0) is 13.0. The Bertz CT molecular complexity index is 539. The first kappa shape index (κ1) is 13.0. The Morgan fingerprint density at radius 3 is 3.00 bits per heavy atom. The summed E-state index contributed by atoms with van der Waals surface area (Å²) in [7, 11) is 0. The number of carbonyl (C=O) groups is 1. The second-order valence-electron chi connectivity index (χ2n) is 4.25. The number of benzene rings is 1. The van der Waals surface area contributed by atoms with Crippen LogP contribution in [0.5, 0.6) is 0 Å². The predicted molar refractivity (Wildman–Crippen MR) is 73.8 cm³/mol. The van der Waals surface area contributed by atoms with E-state index in [-0.39, 0.29) is 12.5 Å². The van der Waals surface area contributed by atoms with E-state index < -0.39 is 5.97 Å². The third-order valence-corrected chi connectivity index (χ3v) is 3.73. The van der Waals surface area contributed by atoms with Crippen LogP contribution in [-0.2, 0) is 11.3 Å². The van der Waals surface area contributed by atoms with Gasteiger partial charge in [0.1, 0.15) is 0 Å². The molecule has 0 saturated heterocycles. The summed E-state index contributed by atoms with van der Waals surface area (Å²) < 4.78 is 1.27. The molecule has 0 aliphatic rings. The number of carboxylic acid groups (broad SMARTS) is 1. The van der Waals surface area contributed by atoms with Crippen molar-refractivity contribution in [1.29, 1.82) is 0 Å². The minimum atomic E-state index is -0.856. The molecule has 1 heterocycles. The van der Waals surface area contributed by atoms with Crippen LogP contribution in [0.25, 0.3) is 10.1 Å². The number of hydrogen-bond acceptors (Lipinski definition) is 4. The molecule has 18 heavy (non-hydrogen) atoms. The van der Waals surface area contributed by atoms with Gasteiger partial charge in [0.25, 0.3) is 0 Å². The number of hydrogen-bond donors (Lipinski definition) is 3. The van der Waals surface area contributed by atoms with Gasteiger partial charge in [0.2, 0.25) is 0 Å². The molecule has 0 radical (unpaired) electrons. The van der Waals surface area contributed by atoms with Crippen molar-refractivity contribution in [2.45, 2.75) is 19.0 Å². The fourth-order valence-electron chi connectivity index (χ4n) is 1.86. The number of carboxylic acids is 1. The number of fused-ring (bicyclic) bond motifs is 1. The average Bonchev–Trinajstić information content (AvgIpc) is 2.72. The molecule has 2 aromatic rings. The zero-order valence-corrected chi connectivity index (χ0v) is 10.7. The van der Waals surface area contributed by atoms with Crippen LogP contribution in [0.3, 0.4) is 0 Å². The SMILES string of the molecule is NC(CNCc1csc2ccccc12)CC(=O)O. The van der Waals surface area contributed by atoms with Crippen LogP contribution in [0.15, 0.2) is 29.6 Å². The van der Waals surface area contributed by atoms with Gasteiger partial charge in [0, 0.05) is 23.8 Å². The van der Waals surface area contributed by atoms with E-state index in [2.05, 4.69) is 22.8 Å². The molecule has 1 aromatic heterocycles. The summed E-state index contributed by atoms with van der Waals surface area (Å²) >= 11 is 1.72. The van der Waals surface area contributed by atoms with E-state index in [0.717, 1.165) is 6.54 Å². The minimum Gasteiger partial charge on any atom is -0.481 e. The molecule has 2 rings (SSSR count). The van der Waals surface area contributed by atoms with E-state index in [0.29, 0.717) is 6.54 Å². The van der Waals surface area contributed by atoms with Crippen molar-refractivity contribution in [3.05, 3.63) is 35.2 Å². The Kier molecular flexibility index (Phi) is 4.30. The maximum atomic E-state index is 10.5. The maximum Gasteiger partial charge on any atom is 0.304 e. The molecule has 5 heteroatoms. The highest BCUT2D eigenvalue weighted by Gasteiger charge is 2.08. The second-order valence-corrected chi connectivity index (χ2v) is 5.16. The van der Waals surface area contributed by atoms with Crippen molar-refractivity contribution in [2.24, 2.45) is 5.73 Å². The Hall–Kier alpha value is -1.43. The molecule has 1 aromatic carbocycles. The Balaban J connectivity index is 1.89. The normalized spacial score (nSPS) is 12.7.